The van der Waals surface area contributed by atoms with E-state index in [9.17, 15) is 13.5 Å². The smallest absolute Gasteiger partial charge is 0.310 e. The van der Waals surface area contributed by atoms with Gasteiger partial charge in [-0.05, 0) is 24.3 Å². The van der Waals surface area contributed by atoms with Gasteiger partial charge in [-0.2, -0.15) is 8.42 Å². The Bertz CT molecular complexity index is 904. The molecule has 6 nitrogen and oxygen atoms in total. The highest BCUT2D eigenvalue weighted by molar-refractivity contribution is 7.87. The first kappa shape index (κ1) is 15.5. The summed E-state index contributed by atoms with van der Waals surface area (Å²) in [6.07, 6.45) is 0. The third kappa shape index (κ3) is 3.52. The van der Waals surface area contributed by atoms with Gasteiger partial charge in [-0.25, -0.2) is 4.98 Å². The number of aliphatic hydroxyl groups excluding tert-OH is 1. The molecular weight excluding hydrogens is 316 g/mol. The molecule has 3 aromatic rings. The van der Waals surface area contributed by atoms with Crippen molar-refractivity contribution in [1.82, 2.24) is 9.55 Å². The first-order chi connectivity index (χ1) is 11.1. The van der Waals surface area contributed by atoms with Crippen LogP contribution in [0.5, 0.6) is 5.75 Å². The molecule has 0 aliphatic heterocycles. The van der Waals surface area contributed by atoms with Crippen LogP contribution in [-0.4, -0.2) is 28.8 Å². The molecule has 0 aliphatic carbocycles. The van der Waals surface area contributed by atoms with Crippen molar-refractivity contribution < 1.29 is 17.7 Å². The van der Waals surface area contributed by atoms with E-state index in [0.29, 0.717) is 5.82 Å². The summed E-state index contributed by atoms with van der Waals surface area (Å²) in [5.41, 5.74) is 1.50. The number of imidazole rings is 1. The van der Waals surface area contributed by atoms with Crippen LogP contribution in [0.15, 0.2) is 54.6 Å². The van der Waals surface area contributed by atoms with Crippen LogP contribution in [-0.2, 0) is 23.3 Å². The molecule has 1 aromatic heterocycles. The number of aryl methyl sites for hydroxylation is 1. The minimum Gasteiger partial charge on any atom is -0.388 e. The van der Waals surface area contributed by atoms with Crippen molar-refractivity contribution in [3.8, 4) is 5.75 Å². The van der Waals surface area contributed by atoms with Gasteiger partial charge in [-0.15, -0.1) is 0 Å². The van der Waals surface area contributed by atoms with E-state index in [4.69, 9.17) is 4.18 Å². The Morgan fingerprint density at radius 2 is 1.74 bits per heavy atom. The Balaban J connectivity index is 1.80. The predicted molar refractivity (Wildman–Crippen MR) is 86.5 cm³/mol. The lowest BCUT2D eigenvalue weighted by molar-refractivity contribution is 0.266. The topological polar surface area (TPSA) is 81.4 Å². The second kappa shape index (κ2) is 6.39. The van der Waals surface area contributed by atoms with Gasteiger partial charge >= 0.3 is 10.1 Å². The summed E-state index contributed by atoms with van der Waals surface area (Å²) < 4.78 is 31.0. The average Bonchev–Trinajstić information content (AvgIpc) is 2.91. The van der Waals surface area contributed by atoms with E-state index in [-0.39, 0.29) is 24.7 Å². The number of benzene rings is 2. The van der Waals surface area contributed by atoms with E-state index >= 15 is 0 Å². The Labute approximate surface area is 134 Å². The Morgan fingerprint density at radius 1 is 1.04 bits per heavy atom. The highest BCUT2D eigenvalue weighted by atomic mass is 32.2. The van der Waals surface area contributed by atoms with Gasteiger partial charge < -0.3 is 13.9 Å². The normalized spacial score (nSPS) is 11.7. The summed E-state index contributed by atoms with van der Waals surface area (Å²) in [4.78, 5) is 4.29. The van der Waals surface area contributed by atoms with Crippen LogP contribution < -0.4 is 4.18 Å². The lowest BCUT2D eigenvalue weighted by atomic mass is 10.3. The summed E-state index contributed by atoms with van der Waals surface area (Å²) in [6, 6.07) is 15.7. The molecule has 0 bridgehead atoms. The third-order valence-electron chi connectivity index (χ3n) is 3.41. The lowest BCUT2D eigenvalue weighted by Crippen LogP contribution is -2.19. The second-order valence-electron chi connectivity index (χ2n) is 4.98. The molecular formula is C16H16N2O4S. The van der Waals surface area contributed by atoms with Crippen molar-refractivity contribution >= 4 is 21.2 Å². The molecule has 7 heteroatoms. The van der Waals surface area contributed by atoms with Crippen molar-refractivity contribution in [2.24, 2.45) is 0 Å². The molecule has 0 aliphatic rings. The molecule has 2 aromatic carbocycles. The van der Waals surface area contributed by atoms with Crippen LogP contribution in [0.25, 0.3) is 11.0 Å². The molecule has 23 heavy (non-hydrogen) atoms. The predicted octanol–water partition coefficient (Wildman–Crippen LogP) is 1.94. The van der Waals surface area contributed by atoms with Gasteiger partial charge in [-0.1, -0.05) is 30.3 Å². The fourth-order valence-electron chi connectivity index (χ4n) is 2.36. The van der Waals surface area contributed by atoms with Crippen molar-refractivity contribution in [3.63, 3.8) is 0 Å². The van der Waals surface area contributed by atoms with Gasteiger partial charge in [0.2, 0.25) is 0 Å². The number of aromatic nitrogens is 2. The zero-order valence-electron chi connectivity index (χ0n) is 12.3. The van der Waals surface area contributed by atoms with Crippen molar-refractivity contribution in [3.05, 3.63) is 60.4 Å². The Hall–Kier alpha value is -2.38. The van der Waals surface area contributed by atoms with Crippen LogP contribution in [0.2, 0.25) is 0 Å². The molecule has 0 fully saturated rings. The van der Waals surface area contributed by atoms with E-state index in [0.717, 1.165) is 11.0 Å². The van der Waals surface area contributed by atoms with Crippen molar-refractivity contribution in [1.29, 1.82) is 0 Å². The number of fused-ring (bicyclic) bond motifs is 1. The molecule has 0 radical (unpaired) electrons. The second-order valence-corrected chi connectivity index (χ2v) is 6.67. The van der Waals surface area contributed by atoms with E-state index in [1.165, 1.54) is 0 Å². The average molecular weight is 332 g/mol. The monoisotopic (exact) mass is 332 g/mol. The van der Waals surface area contributed by atoms with Gasteiger partial charge in [-0.3, -0.25) is 0 Å². The quantitative estimate of drug-likeness (QED) is 0.698. The minimum absolute atomic E-state index is 0.158. The van der Waals surface area contributed by atoms with E-state index in [1.54, 1.807) is 34.9 Å². The van der Waals surface area contributed by atoms with Crippen molar-refractivity contribution in [2.45, 2.75) is 13.2 Å². The van der Waals surface area contributed by atoms with E-state index < -0.39 is 10.1 Å². The maximum atomic E-state index is 12.1. The van der Waals surface area contributed by atoms with Crippen LogP contribution in [0.3, 0.4) is 0 Å². The fourth-order valence-corrected chi connectivity index (χ4v) is 3.26. The highest BCUT2D eigenvalue weighted by Gasteiger charge is 2.16. The Kier molecular flexibility index (Phi) is 4.31. The molecule has 3 rings (SSSR count). The molecule has 0 saturated heterocycles. The Morgan fingerprint density at radius 3 is 2.48 bits per heavy atom. The molecule has 0 amide bonds. The summed E-state index contributed by atoms with van der Waals surface area (Å²) in [7, 11) is -3.73. The highest BCUT2D eigenvalue weighted by Crippen LogP contribution is 2.17. The number of hydrogen-bond acceptors (Lipinski definition) is 5. The van der Waals surface area contributed by atoms with Gasteiger partial charge in [0.25, 0.3) is 0 Å². The first-order valence-corrected chi connectivity index (χ1v) is 8.69. The van der Waals surface area contributed by atoms with Crippen LogP contribution in [0.1, 0.15) is 5.82 Å². The molecule has 0 saturated carbocycles. The third-order valence-corrected chi connectivity index (χ3v) is 4.54. The molecule has 1 heterocycles. The summed E-state index contributed by atoms with van der Waals surface area (Å²) >= 11 is 0. The molecule has 0 spiro atoms. The maximum absolute atomic E-state index is 12.1. The van der Waals surface area contributed by atoms with Crippen LogP contribution >= 0.6 is 0 Å². The van der Waals surface area contributed by atoms with Gasteiger partial charge in [0.05, 0.1) is 11.0 Å². The summed E-state index contributed by atoms with van der Waals surface area (Å²) in [5.74, 6) is 0.501. The largest absolute Gasteiger partial charge is 0.388 e. The zero-order valence-corrected chi connectivity index (χ0v) is 13.1. The number of nitrogens with zero attached hydrogens (tertiary/aromatic N) is 2. The molecule has 1 N–H and O–H groups in total. The van der Waals surface area contributed by atoms with E-state index in [1.807, 2.05) is 24.3 Å². The number of hydrogen-bond donors (Lipinski definition) is 1. The zero-order chi connectivity index (χ0) is 16.3. The molecule has 0 atom stereocenters. The fraction of sp³-hybridized carbons (Fsp3) is 0.188. The van der Waals surface area contributed by atoms with Crippen LogP contribution in [0.4, 0.5) is 0 Å². The van der Waals surface area contributed by atoms with E-state index in [2.05, 4.69) is 4.98 Å². The van der Waals surface area contributed by atoms with Gasteiger partial charge in [0.1, 0.15) is 23.9 Å². The van der Waals surface area contributed by atoms with Crippen molar-refractivity contribution in [2.75, 3.05) is 5.75 Å². The van der Waals surface area contributed by atoms with Crippen LogP contribution in [0, 0.1) is 0 Å². The van der Waals surface area contributed by atoms with Gasteiger partial charge in [0.15, 0.2) is 0 Å². The number of aliphatic hydroxyl groups is 1. The standard InChI is InChI=1S/C16H16N2O4S/c19-12-16-17-14-8-4-5-9-15(14)18(16)10-11-23(20,21)22-13-6-2-1-3-7-13/h1-9,19H,10-12H2. The summed E-state index contributed by atoms with van der Waals surface area (Å²) in [6.45, 7) is -0.0974. The maximum Gasteiger partial charge on any atom is 0.310 e. The first-order valence-electron chi connectivity index (χ1n) is 7.11. The SMILES string of the molecule is O=S(=O)(CCn1c(CO)nc2ccccc21)Oc1ccccc1. The molecule has 0 unspecified atom stereocenters. The lowest BCUT2D eigenvalue weighted by Gasteiger charge is -2.09. The minimum atomic E-state index is -3.73. The number of rotatable bonds is 6. The molecule has 120 valence electrons. The van der Waals surface area contributed by atoms with Gasteiger partial charge in [0, 0.05) is 6.54 Å². The number of para-hydroxylation sites is 3. The summed E-state index contributed by atoms with van der Waals surface area (Å²) in [5, 5.41) is 9.42.